The molecule has 2 aliphatic rings. The summed E-state index contributed by atoms with van der Waals surface area (Å²) < 4.78 is 5.83. The first kappa shape index (κ1) is 12.7. The Kier molecular flexibility index (Phi) is 3.31. The van der Waals surface area contributed by atoms with Gasteiger partial charge in [0.15, 0.2) is 0 Å². The van der Waals surface area contributed by atoms with Crippen molar-refractivity contribution in [2.75, 3.05) is 6.61 Å². The average Bonchev–Trinajstić information content (AvgIpc) is 3.09. The highest BCUT2D eigenvalue weighted by atomic mass is 35.5. The minimum absolute atomic E-state index is 0.171. The van der Waals surface area contributed by atoms with Crippen molar-refractivity contribution in [2.45, 2.75) is 37.3 Å². The normalized spacial score (nSPS) is 31.8. The van der Waals surface area contributed by atoms with Gasteiger partial charge in [-0.15, -0.1) is 0 Å². The molecule has 1 aromatic carbocycles. The fourth-order valence-corrected chi connectivity index (χ4v) is 3.44. The topological polar surface area (TPSA) is 35.2 Å². The van der Waals surface area contributed by atoms with E-state index in [1.165, 1.54) is 12.8 Å². The number of benzene rings is 1. The molecule has 1 aliphatic carbocycles. The number of ether oxygens (including phenoxy) is 1. The molecule has 2 N–H and O–H groups in total. The van der Waals surface area contributed by atoms with Crippen molar-refractivity contribution < 1.29 is 4.74 Å². The van der Waals surface area contributed by atoms with Gasteiger partial charge in [0.1, 0.15) is 0 Å². The van der Waals surface area contributed by atoms with Gasteiger partial charge in [0.05, 0.1) is 6.10 Å². The molecule has 0 aromatic heterocycles. The van der Waals surface area contributed by atoms with Crippen molar-refractivity contribution in [3.8, 4) is 0 Å². The molecule has 1 saturated carbocycles. The standard InChI is InChI=1S/C14H17Cl2NO/c15-11-2-1-3-12(16)10(11)8-14(17)6-7-18-13(14)9-4-5-9/h1-3,9,13H,4-8,17H2. The van der Waals surface area contributed by atoms with Crippen molar-refractivity contribution in [1.29, 1.82) is 0 Å². The predicted molar refractivity (Wildman–Crippen MR) is 74.2 cm³/mol. The Morgan fingerprint density at radius 2 is 1.94 bits per heavy atom. The third kappa shape index (κ3) is 2.27. The number of halogens is 2. The largest absolute Gasteiger partial charge is 0.376 e. The summed E-state index contributed by atoms with van der Waals surface area (Å²) in [5, 5.41) is 1.41. The molecule has 0 radical (unpaired) electrons. The summed E-state index contributed by atoms with van der Waals surface area (Å²) in [5.74, 6) is 0.638. The lowest BCUT2D eigenvalue weighted by molar-refractivity contribution is 0.0627. The lowest BCUT2D eigenvalue weighted by Gasteiger charge is -2.30. The maximum atomic E-state index is 6.57. The molecule has 0 amide bonds. The smallest absolute Gasteiger partial charge is 0.0786 e. The first-order valence-electron chi connectivity index (χ1n) is 6.43. The molecule has 1 heterocycles. The molecule has 2 nitrogen and oxygen atoms in total. The van der Waals surface area contributed by atoms with Gasteiger partial charge in [0.2, 0.25) is 0 Å². The van der Waals surface area contributed by atoms with Gasteiger partial charge < -0.3 is 10.5 Å². The third-order valence-corrected chi connectivity index (χ3v) is 4.76. The molecule has 4 heteroatoms. The van der Waals surface area contributed by atoms with Crippen LogP contribution in [0.5, 0.6) is 0 Å². The van der Waals surface area contributed by atoms with Crippen LogP contribution in [0.3, 0.4) is 0 Å². The summed E-state index contributed by atoms with van der Waals surface area (Å²) in [4.78, 5) is 0. The van der Waals surface area contributed by atoms with E-state index in [0.717, 1.165) is 18.6 Å². The minimum Gasteiger partial charge on any atom is -0.376 e. The zero-order valence-electron chi connectivity index (χ0n) is 10.2. The van der Waals surface area contributed by atoms with Crippen molar-refractivity contribution in [2.24, 2.45) is 11.7 Å². The molecule has 2 atom stereocenters. The molecule has 1 aromatic rings. The zero-order chi connectivity index (χ0) is 12.8. The number of hydrogen-bond acceptors (Lipinski definition) is 2. The Morgan fingerprint density at radius 1 is 1.28 bits per heavy atom. The second-order valence-corrected chi connectivity index (χ2v) is 6.30. The maximum absolute atomic E-state index is 6.57. The minimum atomic E-state index is -0.310. The highest BCUT2D eigenvalue weighted by Crippen LogP contribution is 2.44. The van der Waals surface area contributed by atoms with Crippen LogP contribution >= 0.6 is 23.2 Å². The number of hydrogen-bond donors (Lipinski definition) is 1. The van der Waals surface area contributed by atoms with E-state index in [1.807, 2.05) is 18.2 Å². The quantitative estimate of drug-likeness (QED) is 0.924. The van der Waals surface area contributed by atoms with Crippen molar-refractivity contribution >= 4 is 23.2 Å². The van der Waals surface area contributed by atoms with Crippen LogP contribution in [0.25, 0.3) is 0 Å². The van der Waals surface area contributed by atoms with E-state index in [4.69, 9.17) is 33.7 Å². The molecular formula is C14H17Cl2NO. The van der Waals surface area contributed by atoms with Crippen LogP contribution in [0.2, 0.25) is 10.0 Å². The molecule has 98 valence electrons. The summed E-state index contributed by atoms with van der Waals surface area (Å²) in [6.07, 6.45) is 4.23. The van der Waals surface area contributed by atoms with E-state index < -0.39 is 0 Å². The van der Waals surface area contributed by atoms with Crippen LogP contribution in [-0.4, -0.2) is 18.2 Å². The van der Waals surface area contributed by atoms with Crippen LogP contribution in [0.4, 0.5) is 0 Å². The Bertz CT molecular complexity index is 441. The van der Waals surface area contributed by atoms with E-state index in [0.29, 0.717) is 22.4 Å². The predicted octanol–water partition coefficient (Wildman–Crippen LogP) is 3.43. The SMILES string of the molecule is NC1(Cc2c(Cl)cccc2Cl)CCOC1C1CC1. The van der Waals surface area contributed by atoms with Crippen LogP contribution in [0.15, 0.2) is 18.2 Å². The molecule has 3 rings (SSSR count). The summed E-state index contributed by atoms with van der Waals surface area (Å²) in [5.41, 5.74) is 7.22. The highest BCUT2D eigenvalue weighted by molar-refractivity contribution is 6.36. The van der Waals surface area contributed by atoms with E-state index in [9.17, 15) is 0 Å². The number of nitrogens with two attached hydrogens (primary N) is 1. The molecular weight excluding hydrogens is 269 g/mol. The Hall–Kier alpha value is -0.280. The van der Waals surface area contributed by atoms with Crippen molar-refractivity contribution in [3.63, 3.8) is 0 Å². The summed E-state index contributed by atoms with van der Waals surface area (Å²) in [6, 6.07) is 5.60. The Labute approximate surface area is 117 Å². The van der Waals surface area contributed by atoms with Gasteiger partial charge in [-0.1, -0.05) is 29.3 Å². The van der Waals surface area contributed by atoms with Gasteiger partial charge in [-0.2, -0.15) is 0 Å². The molecule has 1 aliphatic heterocycles. The van der Waals surface area contributed by atoms with Gasteiger partial charge in [0.25, 0.3) is 0 Å². The van der Waals surface area contributed by atoms with Gasteiger partial charge in [-0.25, -0.2) is 0 Å². The van der Waals surface area contributed by atoms with Crippen LogP contribution in [0, 0.1) is 5.92 Å². The lowest BCUT2D eigenvalue weighted by Crippen LogP contribution is -2.50. The second-order valence-electron chi connectivity index (χ2n) is 5.49. The van der Waals surface area contributed by atoms with Crippen LogP contribution in [0.1, 0.15) is 24.8 Å². The van der Waals surface area contributed by atoms with Crippen LogP contribution < -0.4 is 5.73 Å². The summed E-state index contributed by atoms with van der Waals surface area (Å²) >= 11 is 12.5. The fraction of sp³-hybridized carbons (Fsp3) is 0.571. The average molecular weight is 286 g/mol. The monoisotopic (exact) mass is 285 g/mol. The second kappa shape index (κ2) is 4.68. The van der Waals surface area contributed by atoms with E-state index in [-0.39, 0.29) is 11.6 Å². The zero-order valence-corrected chi connectivity index (χ0v) is 11.7. The van der Waals surface area contributed by atoms with E-state index >= 15 is 0 Å². The lowest BCUT2D eigenvalue weighted by atomic mass is 9.83. The van der Waals surface area contributed by atoms with E-state index in [2.05, 4.69) is 0 Å². The number of rotatable bonds is 3. The van der Waals surface area contributed by atoms with Crippen molar-refractivity contribution in [1.82, 2.24) is 0 Å². The highest BCUT2D eigenvalue weighted by Gasteiger charge is 2.48. The van der Waals surface area contributed by atoms with Crippen molar-refractivity contribution in [3.05, 3.63) is 33.8 Å². The molecule has 18 heavy (non-hydrogen) atoms. The molecule has 1 saturated heterocycles. The van der Waals surface area contributed by atoms with Gasteiger partial charge in [-0.05, 0) is 49.3 Å². The fourth-order valence-electron chi connectivity index (χ4n) is 2.91. The molecule has 2 fully saturated rings. The van der Waals surface area contributed by atoms with Gasteiger partial charge in [0, 0.05) is 22.2 Å². The summed E-state index contributed by atoms with van der Waals surface area (Å²) in [6.45, 7) is 0.750. The first-order chi connectivity index (χ1) is 8.60. The Balaban J connectivity index is 1.86. The van der Waals surface area contributed by atoms with Gasteiger partial charge in [-0.3, -0.25) is 0 Å². The maximum Gasteiger partial charge on any atom is 0.0786 e. The molecule has 0 spiro atoms. The third-order valence-electron chi connectivity index (χ3n) is 4.05. The molecule has 0 bridgehead atoms. The van der Waals surface area contributed by atoms with E-state index in [1.54, 1.807) is 0 Å². The van der Waals surface area contributed by atoms with Gasteiger partial charge >= 0.3 is 0 Å². The van der Waals surface area contributed by atoms with Crippen LogP contribution in [-0.2, 0) is 11.2 Å². The Morgan fingerprint density at radius 3 is 2.56 bits per heavy atom. The first-order valence-corrected chi connectivity index (χ1v) is 7.19. The molecule has 2 unspecified atom stereocenters. The summed E-state index contributed by atoms with van der Waals surface area (Å²) in [7, 11) is 0.